The number of aromatic hydroxyl groups is 3. The van der Waals surface area contributed by atoms with Gasteiger partial charge in [0.2, 0.25) is 6.29 Å². The zero-order chi connectivity index (χ0) is 30.3. The van der Waals surface area contributed by atoms with E-state index in [4.69, 9.17) is 23.7 Å². The second-order valence-corrected chi connectivity index (χ2v) is 10.2. The van der Waals surface area contributed by atoms with E-state index < -0.39 is 80.7 Å². The quantitative estimate of drug-likeness (QED) is 0.165. The van der Waals surface area contributed by atoms with Gasteiger partial charge in [0, 0.05) is 17.7 Å². The first kappa shape index (κ1) is 30.2. The third-order valence-corrected chi connectivity index (χ3v) is 7.28. The molecule has 230 valence electrons. The summed E-state index contributed by atoms with van der Waals surface area (Å²) in [7, 11) is 0. The van der Waals surface area contributed by atoms with Crippen LogP contribution in [0, 0.1) is 0 Å². The first-order valence-electron chi connectivity index (χ1n) is 13.0. The van der Waals surface area contributed by atoms with E-state index in [0.29, 0.717) is 5.56 Å². The van der Waals surface area contributed by atoms with Crippen LogP contribution in [0.4, 0.5) is 0 Å². The normalized spacial score (nSPS) is 36.5. The lowest BCUT2D eigenvalue weighted by Crippen LogP contribution is -2.61. The molecule has 3 heterocycles. The van der Waals surface area contributed by atoms with Gasteiger partial charge in [-0.1, -0.05) is 12.1 Å². The van der Waals surface area contributed by atoms with Crippen LogP contribution in [0.3, 0.4) is 0 Å². The van der Waals surface area contributed by atoms with Crippen LogP contribution in [-0.4, -0.2) is 126 Å². The summed E-state index contributed by atoms with van der Waals surface area (Å²) in [6.07, 6.45) is -15.8. The summed E-state index contributed by atoms with van der Waals surface area (Å²) in [5, 5.41) is 101. The zero-order valence-electron chi connectivity index (χ0n) is 21.8. The maximum atomic E-state index is 10.7. The number of phenolic OH excluding ortho intramolecular Hbond substituents is 3. The molecule has 2 aromatic rings. The molecule has 42 heavy (non-hydrogen) atoms. The van der Waals surface area contributed by atoms with Gasteiger partial charge in [-0.3, -0.25) is 0 Å². The van der Waals surface area contributed by atoms with Crippen LogP contribution in [0.5, 0.6) is 23.0 Å². The van der Waals surface area contributed by atoms with Gasteiger partial charge in [0.15, 0.2) is 12.4 Å². The smallest absolute Gasteiger partial charge is 0.228 e. The van der Waals surface area contributed by atoms with Crippen molar-refractivity contribution in [1.82, 2.24) is 0 Å². The molecule has 0 aliphatic carbocycles. The van der Waals surface area contributed by atoms with E-state index in [9.17, 15) is 51.1 Å². The first-order chi connectivity index (χ1) is 20.0. The second-order valence-electron chi connectivity index (χ2n) is 10.2. The highest BCUT2D eigenvalue weighted by atomic mass is 16.7. The number of ether oxygens (including phenoxy) is 5. The van der Waals surface area contributed by atoms with Crippen LogP contribution in [0.1, 0.15) is 17.2 Å². The summed E-state index contributed by atoms with van der Waals surface area (Å²) < 4.78 is 28.3. The van der Waals surface area contributed by atoms with Gasteiger partial charge in [-0.2, -0.15) is 0 Å². The summed E-state index contributed by atoms with van der Waals surface area (Å²) in [6, 6.07) is 8.19. The fourth-order valence-corrected chi connectivity index (χ4v) is 4.90. The van der Waals surface area contributed by atoms with Gasteiger partial charge in [0.05, 0.1) is 18.8 Å². The van der Waals surface area contributed by atoms with E-state index >= 15 is 0 Å². The first-order valence-corrected chi connectivity index (χ1v) is 13.0. The standard InChI is InChI=1S/C27H32O15/c28-8-17-19(32)21(34)23(36)26(41-17)38-9-18-20(33)22(35)24(37)27(42-18)40-16-7-13-14(31)5-12(30)6-15(13)39-25(16)10-1-3-11(29)4-2-10/h1-7,17-37H,8-9H2. The predicted molar refractivity (Wildman–Crippen MR) is 137 cm³/mol. The number of fused-ring (bicyclic) bond motifs is 1. The van der Waals surface area contributed by atoms with Gasteiger partial charge < -0.3 is 74.7 Å². The predicted octanol–water partition coefficient (Wildman–Crippen LogP) is -2.08. The highest BCUT2D eigenvalue weighted by Crippen LogP contribution is 2.44. The Morgan fingerprint density at radius 2 is 1.31 bits per heavy atom. The van der Waals surface area contributed by atoms with Crippen molar-refractivity contribution in [3.8, 4) is 23.0 Å². The van der Waals surface area contributed by atoms with E-state index in [1.165, 1.54) is 36.4 Å². The zero-order valence-corrected chi connectivity index (χ0v) is 21.8. The van der Waals surface area contributed by atoms with Crippen molar-refractivity contribution in [2.75, 3.05) is 13.2 Å². The molecule has 2 saturated heterocycles. The van der Waals surface area contributed by atoms with Gasteiger partial charge in [-0.05, 0) is 18.2 Å². The molecule has 11 unspecified atom stereocenters. The average Bonchev–Trinajstić information content (AvgIpc) is 2.97. The van der Waals surface area contributed by atoms with Gasteiger partial charge in [-0.15, -0.1) is 0 Å². The van der Waals surface area contributed by atoms with Crippen LogP contribution in [0.2, 0.25) is 0 Å². The highest BCUT2D eigenvalue weighted by Gasteiger charge is 2.48. The van der Waals surface area contributed by atoms with Gasteiger partial charge in [0.1, 0.15) is 77.6 Å². The van der Waals surface area contributed by atoms with Crippen molar-refractivity contribution in [2.45, 2.75) is 67.5 Å². The van der Waals surface area contributed by atoms with Gasteiger partial charge in [-0.25, -0.2) is 0 Å². The Labute approximate surface area is 238 Å². The minimum atomic E-state index is -1.80. The molecule has 3 aliphatic rings. The molecule has 2 aromatic carbocycles. The molecular weight excluding hydrogens is 564 g/mol. The summed E-state index contributed by atoms with van der Waals surface area (Å²) in [5.74, 6) is -0.553. The summed E-state index contributed by atoms with van der Waals surface area (Å²) in [4.78, 5) is 0. The Balaban J connectivity index is 1.37. The molecule has 11 atom stereocenters. The maximum Gasteiger partial charge on any atom is 0.228 e. The van der Waals surface area contributed by atoms with Crippen LogP contribution in [0.25, 0.3) is 6.08 Å². The SMILES string of the molecule is OCC1OC(OCC2OC(OC3=Cc4c(O)cc(O)cc4OC3c3ccc(O)cc3)C(O)C(O)C2O)C(O)C(O)C1O. The number of hydrogen-bond acceptors (Lipinski definition) is 15. The Morgan fingerprint density at radius 1 is 0.690 bits per heavy atom. The van der Waals surface area contributed by atoms with E-state index in [2.05, 4.69) is 0 Å². The maximum absolute atomic E-state index is 10.7. The molecule has 0 radical (unpaired) electrons. The molecule has 10 N–H and O–H groups in total. The van der Waals surface area contributed by atoms with Crippen molar-refractivity contribution in [3.05, 3.63) is 53.3 Å². The molecule has 2 fully saturated rings. The highest BCUT2D eigenvalue weighted by molar-refractivity contribution is 5.69. The number of aliphatic hydroxyl groups excluding tert-OH is 7. The van der Waals surface area contributed by atoms with Crippen LogP contribution in [-0.2, 0) is 18.9 Å². The van der Waals surface area contributed by atoms with Crippen molar-refractivity contribution < 1.29 is 74.7 Å². The fourth-order valence-electron chi connectivity index (χ4n) is 4.90. The topological polar surface area (TPSA) is 248 Å². The van der Waals surface area contributed by atoms with E-state index in [-0.39, 0.29) is 34.3 Å². The minimum Gasteiger partial charge on any atom is -0.508 e. The molecule has 0 aromatic heterocycles. The van der Waals surface area contributed by atoms with Crippen LogP contribution < -0.4 is 4.74 Å². The Kier molecular flexibility index (Phi) is 8.77. The second kappa shape index (κ2) is 12.2. The van der Waals surface area contributed by atoms with Crippen molar-refractivity contribution >= 4 is 6.08 Å². The van der Waals surface area contributed by atoms with Crippen molar-refractivity contribution in [2.24, 2.45) is 0 Å². The molecular formula is C27H32O15. The number of aliphatic hydroxyl groups is 7. The molecule has 0 bridgehead atoms. The third kappa shape index (κ3) is 5.84. The lowest BCUT2D eigenvalue weighted by molar-refractivity contribution is -0.328. The van der Waals surface area contributed by atoms with E-state index in [1.54, 1.807) is 0 Å². The summed E-state index contributed by atoms with van der Waals surface area (Å²) in [5.41, 5.74) is 0.590. The summed E-state index contributed by atoms with van der Waals surface area (Å²) in [6.45, 7) is -1.25. The molecule has 0 spiro atoms. The van der Waals surface area contributed by atoms with E-state index in [1.807, 2.05) is 0 Å². The van der Waals surface area contributed by atoms with Crippen molar-refractivity contribution in [1.29, 1.82) is 0 Å². The van der Waals surface area contributed by atoms with Gasteiger partial charge in [0.25, 0.3) is 0 Å². The number of hydrogen-bond donors (Lipinski definition) is 10. The largest absolute Gasteiger partial charge is 0.508 e. The third-order valence-electron chi connectivity index (χ3n) is 7.28. The lowest BCUT2D eigenvalue weighted by Gasteiger charge is -2.43. The molecule has 0 amide bonds. The van der Waals surface area contributed by atoms with Crippen LogP contribution in [0.15, 0.2) is 42.2 Å². The number of rotatable bonds is 7. The number of phenols is 3. The molecule has 3 aliphatic heterocycles. The van der Waals surface area contributed by atoms with Crippen molar-refractivity contribution in [3.63, 3.8) is 0 Å². The van der Waals surface area contributed by atoms with Crippen LogP contribution >= 0.6 is 0 Å². The number of benzene rings is 2. The summed E-state index contributed by atoms with van der Waals surface area (Å²) >= 11 is 0. The Bertz CT molecular complexity index is 1270. The molecule has 0 saturated carbocycles. The molecule has 5 rings (SSSR count). The Morgan fingerprint density at radius 3 is 1.98 bits per heavy atom. The molecule has 15 nitrogen and oxygen atoms in total. The lowest BCUT2D eigenvalue weighted by atomic mass is 9.98. The van der Waals surface area contributed by atoms with E-state index in [0.717, 1.165) is 6.07 Å². The Hall–Kier alpha value is -3.22. The average molecular weight is 597 g/mol. The molecule has 15 heteroatoms. The fraction of sp³-hybridized carbons (Fsp3) is 0.481. The van der Waals surface area contributed by atoms with Gasteiger partial charge >= 0.3 is 0 Å². The monoisotopic (exact) mass is 596 g/mol. The minimum absolute atomic E-state index is 0.0181.